The highest BCUT2D eigenvalue weighted by Crippen LogP contribution is 2.65. The molecule has 4 aliphatic rings. The van der Waals surface area contributed by atoms with Crippen LogP contribution in [-0.2, 0) is 57.0 Å². The number of ketones is 1. The summed E-state index contributed by atoms with van der Waals surface area (Å²) in [6.07, 6.45) is -16.6. The van der Waals surface area contributed by atoms with Gasteiger partial charge < -0.3 is 58.2 Å². The molecular formula is C49H55Cl6NO18. The van der Waals surface area contributed by atoms with Crippen LogP contribution in [0, 0.1) is 16.7 Å². The molecule has 19 nitrogen and oxygen atoms in total. The van der Waals surface area contributed by atoms with E-state index in [1.807, 2.05) is 0 Å². The van der Waals surface area contributed by atoms with Gasteiger partial charge >= 0.3 is 36.3 Å². The average molecular weight is 1160 g/mol. The lowest BCUT2D eigenvalue weighted by molar-refractivity contribution is -0.346. The van der Waals surface area contributed by atoms with Gasteiger partial charge in [0.1, 0.15) is 48.8 Å². The number of ether oxygens (including phenoxy) is 9. The molecule has 1 saturated heterocycles. The summed E-state index contributed by atoms with van der Waals surface area (Å²) in [6, 6.07) is 13.8. The molecule has 1 heterocycles. The number of alkyl carbamates (subject to hydrolysis) is 1. The smallest absolute Gasteiger partial charge is 0.456 e. The van der Waals surface area contributed by atoms with E-state index in [1.54, 1.807) is 45.0 Å². The number of halogens is 6. The SMILES string of the molecule is CC(=O)O[C@@]12CO[C@@H]1C[C@H](OC(=O)OCC(Cl)(Cl)Cl)[C@@]1(C)C(=O)[C@H](OC(=O)OCC(Cl)(Cl)Cl)C3=C(C)[C@@H](OC(=O)C(O)[C@@H](NC(=O)OC(C)(C)C)c4ccccc4)C[C@@](O)([C@@H](OC(=O)c4ccccc4)C12)C3(C)C. The van der Waals surface area contributed by atoms with Crippen LogP contribution < -0.4 is 5.32 Å². The van der Waals surface area contributed by atoms with Gasteiger partial charge in [-0.2, -0.15) is 0 Å². The number of alkyl halides is 6. The number of carbonyl (C=O) groups excluding carboxylic acids is 7. The fourth-order valence-corrected chi connectivity index (χ4v) is 10.7. The van der Waals surface area contributed by atoms with E-state index >= 15 is 4.79 Å². The Kier molecular flexibility index (Phi) is 17.5. The monoisotopic (exact) mass is 1160 g/mol. The maximum Gasteiger partial charge on any atom is 0.509 e. The van der Waals surface area contributed by atoms with Gasteiger partial charge in [0.05, 0.1) is 29.5 Å². The van der Waals surface area contributed by atoms with Crippen LogP contribution in [0.4, 0.5) is 14.4 Å². The number of aliphatic hydroxyl groups is 2. The van der Waals surface area contributed by atoms with Crippen LogP contribution in [0.5, 0.6) is 0 Å². The molecule has 74 heavy (non-hydrogen) atoms. The second-order valence-corrected chi connectivity index (χ2v) is 25.1. The third-order valence-electron chi connectivity index (χ3n) is 13.7. The molecule has 25 heteroatoms. The van der Waals surface area contributed by atoms with Crippen molar-refractivity contribution in [2.75, 3.05) is 19.8 Å². The van der Waals surface area contributed by atoms with Gasteiger partial charge in [-0.1, -0.05) is 132 Å². The molecule has 2 bridgehead atoms. The number of fused-ring (bicyclic) bond motifs is 5. The van der Waals surface area contributed by atoms with Crippen LogP contribution in [-0.4, -0.2) is 133 Å². The van der Waals surface area contributed by atoms with Crippen molar-refractivity contribution in [3.63, 3.8) is 0 Å². The summed E-state index contributed by atoms with van der Waals surface area (Å²) in [7, 11) is 0. The highest BCUT2D eigenvalue weighted by molar-refractivity contribution is 6.68. The maximum absolute atomic E-state index is 16.3. The second-order valence-electron chi connectivity index (χ2n) is 20.1. The van der Waals surface area contributed by atoms with Crippen LogP contribution in [0.2, 0.25) is 0 Å². The molecule has 6 rings (SSSR count). The molecule has 3 N–H and O–H groups in total. The number of benzene rings is 2. The van der Waals surface area contributed by atoms with E-state index in [0.717, 1.165) is 6.92 Å². The number of aliphatic hydroxyl groups excluding tert-OH is 1. The first-order valence-electron chi connectivity index (χ1n) is 22.9. The first kappa shape index (κ1) is 58.9. The highest BCUT2D eigenvalue weighted by Gasteiger charge is 2.79. The van der Waals surface area contributed by atoms with E-state index in [-0.39, 0.29) is 22.3 Å². The quantitative estimate of drug-likeness (QED) is 0.0781. The molecule has 3 fully saturated rings. The Bertz CT molecular complexity index is 2510. The van der Waals surface area contributed by atoms with E-state index in [4.69, 9.17) is 112 Å². The van der Waals surface area contributed by atoms with Crippen molar-refractivity contribution in [1.29, 1.82) is 0 Å². The minimum absolute atomic E-state index is 0.0470. The minimum atomic E-state index is -2.66. The lowest BCUT2D eigenvalue weighted by Gasteiger charge is -2.67. The van der Waals surface area contributed by atoms with Gasteiger partial charge in [0, 0.05) is 25.2 Å². The standard InChI is InChI=1S/C49H55Cl6NO18/c1-24-28(69-39(61)33(58)32(26-15-11-9-12-16-26)56-40(62)74-43(3,4)5)20-47(65)37(72-38(60)27-17-13-10-14-18-27)35-45(8,36(59)34(31(24)44(47,6)7)71-42(64)68-23-49(53,54)55)29(70-41(63)67-22-48(50,51)52)19-30-46(35,21-66-30)73-25(2)57/h9-18,28-30,32-35,37,58,65H,19-23H2,1-8H3,(H,56,62)/t28-,29-,30+,32-,33?,34+,35?,37-,45+,46-,47+/m0/s1. The zero-order valence-electron chi connectivity index (χ0n) is 41.1. The number of nitrogens with one attached hydrogen (secondary N) is 1. The molecule has 11 atom stereocenters. The van der Waals surface area contributed by atoms with Crippen molar-refractivity contribution in [3.05, 3.63) is 82.9 Å². The Morgan fingerprint density at radius 1 is 0.824 bits per heavy atom. The summed E-state index contributed by atoms with van der Waals surface area (Å²) in [5.41, 5.74) is -10.2. The van der Waals surface area contributed by atoms with Crippen LogP contribution >= 0.6 is 69.6 Å². The van der Waals surface area contributed by atoms with Gasteiger partial charge in [-0.15, -0.1) is 0 Å². The van der Waals surface area contributed by atoms with Gasteiger partial charge in [0.2, 0.25) is 7.59 Å². The summed E-state index contributed by atoms with van der Waals surface area (Å²) in [6.45, 7) is 9.11. The van der Waals surface area contributed by atoms with E-state index in [9.17, 15) is 39.0 Å². The fraction of sp³-hybridized carbons (Fsp3) is 0.571. The maximum atomic E-state index is 16.3. The Hall–Kier alpha value is -4.31. The molecular weight excluding hydrogens is 1100 g/mol. The molecule has 1 aliphatic heterocycles. The lowest BCUT2D eigenvalue weighted by atomic mass is 9.44. The van der Waals surface area contributed by atoms with E-state index in [0.29, 0.717) is 0 Å². The van der Waals surface area contributed by atoms with Crippen molar-refractivity contribution in [2.24, 2.45) is 16.7 Å². The third kappa shape index (κ3) is 12.4. The van der Waals surface area contributed by atoms with Crippen LogP contribution in [0.25, 0.3) is 0 Å². The highest BCUT2D eigenvalue weighted by atomic mass is 35.6. The normalized spacial score (nSPS) is 29.2. The van der Waals surface area contributed by atoms with Gasteiger partial charge in [-0.05, 0) is 63.5 Å². The Balaban J connectivity index is 1.61. The van der Waals surface area contributed by atoms with Crippen molar-refractivity contribution in [2.45, 2.75) is 135 Å². The van der Waals surface area contributed by atoms with Crippen molar-refractivity contribution >= 4 is 112 Å². The summed E-state index contributed by atoms with van der Waals surface area (Å²) >= 11 is 35.4. The van der Waals surface area contributed by atoms with E-state index < -0.39 is 159 Å². The number of amides is 1. The summed E-state index contributed by atoms with van der Waals surface area (Å²) in [5, 5.41) is 28.4. The molecule has 2 aromatic carbocycles. The molecule has 2 saturated carbocycles. The van der Waals surface area contributed by atoms with Gasteiger partial charge in [-0.3, -0.25) is 9.59 Å². The molecule has 2 aromatic rings. The molecule has 0 radical (unpaired) electrons. The van der Waals surface area contributed by atoms with E-state index in [1.165, 1.54) is 64.1 Å². The zero-order valence-corrected chi connectivity index (χ0v) is 45.7. The lowest BCUT2D eigenvalue weighted by Crippen LogP contribution is -2.82. The molecule has 2 unspecified atom stereocenters. The number of carbonyl (C=O) groups is 7. The number of hydrogen-bond acceptors (Lipinski definition) is 18. The predicted molar refractivity (Wildman–Crippen MR) is 265 cm³/mol. The third-order valence-corrected chi connectivity index (χ3v) is 14.3. The number of rotatable bonds is 12. The van der Waals surface area contributed by atoms with E-state index in [2.05, 4.69) is 5.32 Å². The second kappa shape index (κ2) is 22.0. The Labute approximate surface area is 455 Å². The van der Waals surface area contributed by atoms with Crippen molar-refractivity contribution in [1.82, 2.24) is 5.32 Å². The van der Waals surface area contributed by atoms with Crippen LogP contribution in [0.1, 0.15) is 90.2 Å². The molecule has 3 aliphatic carbocycles. The Morgan fingerprint density at radius 3 is 1.89 bits per heavy atom. The van der Waals surface area contributed by atoms with Gasteiger partial charge in [0.15, 0.2) is 23.6 Å². The number of hydrogen-bond donors (Lipinski definition) is 3. The molecule has 0 aromatic heterocycles. The Morgan fingerprint density at radius 2 is 1.38 bits per heavy atom. The summed E-state index contributed by atoms with van der Waals surface area (Å²) < 4.78 is 47.9. The van der Waals surface area contributed by atoms with Crippen LogP contribution in [0.15, 0.2) is 71.8 Å². The van der Waals surface area contributed by atoms with Gasteiger partial charge in [0.25, 0.3) is 0 Å². The predicted octanol–water partition coefficient (Wildman–Crippen LogP) is 8.32. The zero-order chi connectivity index (χ0) is 55.1. The number of Topliss-reactive ketones (excluding diaryl/α,β-unsaturated/α-hetero) is 1. The summed E-state index contributed by atoms with van der Waals surface area (Å²) in [4.78, 5) is 99.4. The average Bonchev–Trinajstić information content (AvgIpc) is 3.29. The van der Waals surface area contributed by atoms with Crippen molar-refractivity contribution < 1.29 is 86.4 Å². The first-order valence-corrected chi connectivity index (χ1v) is 25.2. The molecule has 406 valence electrons. The number of esters is 3. The fourth-order valence-electron chi connectivity index (χ4n) is 10.3. The summed E-state index contributed by atoms with van der Waals surface area (Å²) in [5.74, 6) is -6.38. The largest absolute Gasteiger partial charge is 0.509 e. The van der Waals surface area contributed by atoms with Crippen LogP contribution in [0.3, 0.4) is 0 Å². The van der Waals surface area contributed by atoms with Gasteiger partial charge in [-0.25, -0.2) is 24.0 Å². The topological polar surface area (TPSA) is 255 Å². The molecule has 0 spiro atoms. The first-order chi connectivity index (χ1) is 34.1. The minimum Gasteiger partial charge on any atom is -0.456 e. The van der Waals surface area contributed by atoms with Crippen molar-refractivity contribution in [3.8, 4) is 0 Å². The molecule has 1 amide bonds.